The number of nitrogens with two attached hydrogens (primary N) is 1. The van der Waals surface area contributed by atoms with Crippen LogP contribution >= 0.6 is 0 Å². The second kappa shape index (κ2) is 4.27. The van der Waals surface area contributed by atoms with Gasteiger partial charge in [-0.2, -0.15) is 0 Å². The highest BCUT2D eigenvalue weighted by Gasteiger charge is 2.19. The zero-order valence-corrected chi connectivity index (χ0v) is 9.98. The average molecular weight is 266 g/mol. The second-order valence-corrected chi connectivity index (χ2v) is 3.97. The van der Waals surface area contributed by atoms with Crippen LogP contribution in [0.1, 0.15) is 17.3 Å². The van der Waals surface area contributed by atoms with E-state index >= 15 is 0 Å². The number of halogens is 1. The van der Waals surface area contributed by atoms with Crippen molar-refractivity contribution in [2.75, 3.05) is 0 Å². The van der Waals surface area contributed by atoms with Crippen molar-refractivity contribution in [3.8, 4) is 11.5 Å². The molecule has 0 bridgehead atoms. The van der Waals surface area contributed by atoms with Crippen molar-refractivity contribution in [2.24, 2.45) is 5.73 Å². The van der Waals surface area contributed by atoms with E-state index in [1.165, 1.54) is 10.8 Å². The Labute approximate surface area is 106 Å². The molecule has 1 aromatic heterocycles. The molecule has 19 heavy (non-hydrogen) atoms. The molecule has 2 rings (SSSR count). The predicted molar refractivity (Wildman–Crippen MR) is 65.7 cm³/mol. The van der Waals surface area contributed by atoms with Crippen LogP contribution in [0.25, 0.3) is 10.9 Å². The Morgan fingerprint density at radius 1 is 1.42 bits per heavy atom. The average Bonchev–Trinajstić information content (AvgIpc) is 2.37. The van der Waals surface area contributed by atoms with E-state index in [0.717, 1.165) is 6.07 Å². The van der Waals surface area contributed by atoms with Crippen molar-refractivity contribution >= 4 is 16.8 Å². The minimum atomic E-state index is -1.15. The molecule has 6 nitrogen and oxygen atoms in total. The highest BCUT2D eigenvalue weighted by Crippen LogP contribution is 2.35. The van der Waals surface area contributed by atoms with Crippen molar-refractivity contribution in [1.29, 1.82) is 0 Å². The molecule has 0 aliphatic heterocycles. The van der Waals surface area contributed by atoms with Gasteiger partial charge in [0.2, 0.25) is 5.43 Å². The number of phenols is 2. The lowest BCUT2D eigenvalue weighted by molar-refractivity contribution is 0.0998. The third-order valence-electron chi connectivity index (χ3n) is 2.87. The van der Waals surface area contributed by atoms with Gasteiger partial charge in [-0.15, -0.1) is 0 Å². The number of fused-ring (bicyclic) bond motifs is 1. The van der Waals surface area contributed by atoms with Gasteiger partial charge in [-0.05, 0) is 13.0 Å². The first-order chi connectivity index (χ1) is 8.88. The smallest absolute Gasteiger partial charge is 0.254 e. The first kappa shape index (κ1) is 12.9. The summed E-state index contributed by atoms with van der Waals surface area (Å²) in [5.41, 5.74) is 3.94. The summed E-state index contributed by atoms with van der Waals surface area (Å²) in [6, 6.07) is 0.769. The van der Waals surface area contributed by atoms with Gasteiger partial charge in [-0.3, -0.25) is 9.59 Å². The molecule has 1 heterocycles. The van der Waals surface area contributed by atoms with Gasteiger partial charge < -0.3 is 20.5 Å². The van der Waals surface area contributed by atoms with Gasteiger partial charge in [0.1, 0.15) is 5.56 Å². The first-order valence-corrected chi connectivity index (χ1v) is 5.45. The Balaban J connectivity index is 3.08. The number of rotatable bonds is 2. The van der Waals surface area contributed by atoms with Crippen LogP contribution in [0, 0.1) is 5.82 Å². The molecule has 0 aliphatic carbocycles. The van der Waals surface area contributed by atoms with E-state index in [1.54, 1.807) is 6.92 Å². The van der Waals surface area contributed by atoms with Crippen molar-refractivity contribution < 1.29 is 19.4 Å². The van der Waals surface area contributed by atoms with E-state index in [2.05, 4.69) is 0 Å². The standard InChI is InChI=1S/C12H11FN2O4/c1-2-15-4-6(12(14)19)9(16)5-3-7(13)10(17)11(18)8(5)15/h3-4,17-18H,2H2,1H3,(H2,14,19). The molecule has 4 N–H and O–H groups in total. The number of phenolic OH excluding ortho intramolecular Hbond substituents is 2. The molecule has 0 spiro atoms. The molecule has 2 aromatic rings. The van der Waals surface area contributed by atoms with Crippen molar-refractivity contribution in [1.82, 2.24) is 4.57 Å². The molecule has 0 unspecified atom stereocenters. The number of carbonyl (C=O) groups excluding carboxylic acids is 1. The number of hydrogen-bond acceptors (Lipinski definition) is 4. The van der Waals surface area contributed by atoms with Crippen LogP contribution in [-0.2, 0) is 6.54 Å². The summed E-state index contributed by atoms with van der Waals surface area (Å²) in [5.74, 6) is -3.78. The van der Waals surface area contributed by atoms with E-state index in [-0.39, 0.29) is 23.0 Å². The summed E-state index contributed by atoms with van der Waals surface area (Å²) >= 11 is 0. The number of carbonyl (C=O) groups is 1. The fraction of sp³-hybridized carbons (Fsp3) is 0.167. The summed E-state index contributed by atoms with van der Waals surface area (Å²) in [4.78, 5) is 23.2. The van der Waals surface area contributed by atoms with Crippen molar-refractivity contribution in [3.05, 3.63) is 33.9 Å². The van der Waals surface area contributed by atoms with Crippen LogP contribution in [0.3, 0.4) is 0 Å². The minimum absolute atomic E-state index is 0.0450. The third-order valence-corrected chi connectivity index (χ3v) is 2.87. The molecule has 0 aliphatic rings. The fourth-order valence-corrected chi connectivity index (χ4v) is 1.93. The van der Waals surface area contributed by atoms with E-state index < -0.39 is 28.7 Å². The zero-order chi connectivity index (χ0) is 14.3. The largest absolute Gasteiger partial charge is 0.503 e. The molecule has 100 valence electrons. The number of aryl methyl sites for hydroxylation is 1. The quantitative estimate of drug-likeness (QED) is 0.694. The Bertz CT molecular complexity index is 752. The molecule has 0 saturated heterocycles. The summed E-state index contributed by atoms with van der Waals surface area (Å²) in [6.07, 6.45) is 1.17. The first-order valence-electron chi connectivity index (χ1n) is 5.45. The number of nitrogens with zero attached hydrogens (tertiary/aromatic N) is 1. The topological polar surface area (TPSA) is 106 Å². The van der Waals surface area contributed by atoms with Gasteiger partial charge >= 0.3 is 0 Å². The molecule has 7 heteroatoms. The maximum atomic E-state index is 13.4. The van der Waals surface area contributed by atoms with Crippen LogP contribution in [-0.4, -0.2) is 20.7 Å². The summed E-state index contributed by atoms with van der Waals surface area (Å²) in [7, 11) is 0. The van der Waals surface area contributed by atoms with Crippen molar-refractivity contribution in [3.63, 3.8) is 0 Å². The van der Waals surface area contributed by atoms with Crippen LogP contribution in [0.15, 0.2) is 17.1 Å². The van der Waals surface area contributed by atoms with E-state index in [0.29, 0.717) is 0 Å². The molecule has 0 radical (unpaired) electrons. The van der Waals surface area contributed by atoms with Gasteiger partial charge in [0, 0.05) is 12.7 Å². The molecule has 0 saturated carbocycles. The lowest BCUT2D eigenvalue weighted by Crippen LogP contribution is -2.24. The summed E-state index contributed by atoms with van der Waals surface area (Å²) in [6.45, 7) is 1.98. The Hall–Kier alpha value is -2.57. The van der Waals surface area contributed by atoms with Crippen LogP contribution < -0.4 is 11.2 Å². The third kappa shape index (κ3) is 1.79. The van der Waals surface area contributed by atoms with E-state index in [9.17, 15) is 24.2 Å². The number of aromatic hydroxyl groups is 2. The van der Waals surface area contributed by atoms with Gasteiger partial charge in [-0.1, -0.05) is 0 Å². The number of hydrogen-bond donors (Lipinski definition) is 3. The van der Waals surface area contributed by atoms with E-state index in [1.807, 2.05) is 0 Å². The number of aromatic nitrogens is 1. The maximum Gasteiger partial charge on any atom is 0.254 e. The molecule has 0 fully saturated rings. The Kier molecular flexibility index (Phi) is 2.89. The van der Waals surface area contributed by atoms with Gasteiger partial charge in [0.05, 0.1) is 10.9 Å². The molecule has 1 amide bonds. The van der Waals surface area contributed by atoms with Gasteiger partial charge in [0.25, 0.3) is 5.91 Å². The molecule has 0 atom stereocenters. The van der Waals surface area contributed by atoms with Crippen LogP contribution in [0.5, 0.6) is 11.5 Å². The minimum Gasteiger partial charge on any atom is -0.503 e. The van der Waals surface area contributed by atoms with Gasteiger partial charge in [-0.25, -0.2) is 4.39 Å². The highest BCUT2D eigenvalue weighted by atomic mass is 19.1. The van der Waals surface area contributed by atoms with Crippen LogP contribution in [0.4, 0.5) is 4.39 Å². The molecular formula is C12H11FN2O4. The fourth-order valence-electron chi connectivity index (χ4n) is 1.93. The normalized spacial score (nSPS) is 10.8. The maximum absolute atomic E-state index is 13.4. The summed E-state index contributed by atoms with van der Waals surface area (Å²) < 4.78 is 14.7. The Morgan fingerprint density at radius 3 is 2.58 bits per heavy atom. The highest BCUT2D eigenvalue weighted by molar-refractivity contribution is 5.97. The van der Waals surface area contributed by atoms with E-state index in [4.69, 9.17) is 5.73 Å². The monoisotopic (exact) mass is 266 g/mol. The summed E-state index contributed by atoms with van der Waals surface area (Å²) in [5, 5.41) is 18.9. The lowest BCUT2D eigenvalue weighted by atomic mass is 10.1. The number of pyridine rings is 1. The molecule has 1 aromatic carbocycles. The SMILES string of the molecule is CCn1cc(C(N)=O)c(=O)c2cc(F)c(O)c(O)c21. The van der Waals surface area contributed by atoms with Crippen molar-refractivity contribution in [2.45, 2.75) is 13.5 Å². The number of benzene rings is 1. The number of amides is 1. The Morgan fingerprint density at radius 2 is 2.05 bits per heavy atom. The number of primary amides is 1. The lowest BCUT2D eigenvalue weighted by Gasteiger charge is -2.12. The zero-order valence-electron chi connectivity index (χ0n) is 9.98. The second-order valence-electron chi connectivity index (χ2n) is 3.97. The van der Waals surface area contributed by atoms with Gasteiger partial charge in [0.15, 0.2) is 17.3 Å². The van der Waals surface area contributed by atoms with Crippen LogP contribution in [0.2, 0.25) is 0 Å². The molecular weight excluding hydrogens is 255 g/mol. The predicted octanol–water partition coefficient (Wildman–Crippen LogP) is 0.671.